The van der Waals surface area contributed by atoms with Gasteiger partial charge in [-0.25, -0.2) is 4.98 Å². The Labute approximate surface area is 157 Å². The van der Waals surface area contributed by atoms with Crippen LogP contribution in [-0.2, 0) is 21.7 Å². The van der Waals surface area contributed by atoms with E-state index in [0.29, 0.717) is 24.2 Å². The van der Waals surface area contributed by atoms with Crippen LogP contribution in [0.2, 0.25) is 5.02 Å². The molecule has 0 bridgehead atoms. The maximum absolute atomic E-state index is 12.7. The first-order valence-corrected chi connectivity index (χ1v) is 9.08. The molecule has 0 saturated heterocycles. The average Bonchev–Trinajstić information content (AvgIpc) is 2.61. The van der Waals surface area contributed by atoms with Gasteiger partial charge in [-0.1, -0.05) is 18.5 Å². The summed E-state index contributed by atoms with van der Waals surface area (Å²) in [5, 5.41) is 10.6. The zero-order valence-corrected chi connectivity index (χ0v) is 15.7. The third-order valence-corrected chi connectivity index (χ3v) is 4.98. The topological polar surface area (TPSA) is 91.6 Å². The highest BCUT2D eigenvalue weighted by Gasteiger charge is 2.32. The van der Waals surface area contributed by atoms with Crippen LogP contribution in [0.5, 0.6) is 11.6 Å². The van der Waals surface area contributed by atoms with Crippen LogP contribution < -0.4 is 10.0 Å². The van der Waals surface area contributed by atoms with E-state index < -0.39 is 35.4 Å². The van der Waals surface area contributed by atoms with Gasteiger partial charge in [-0.15, -0.1) is 0 Å². The lowest BCUT2D eigenvalue weighted by Gasteiger charge is -2.13. The fraction of sp³-hybridized carbons (Fsp3) is 0.267. The standard InChI is InChI=1S/C15H13ClF3N2O5P/c1-3-8-4-11(21(22)23)13(27(24)25-2)6-12(8)26-14-10(16)5-9(7-20-14)15(17,18)19/h4-7,27H,3H2,1-2H3. The third kappa shape index (κ3) is 4.77. The molecule has 27 heavy (non-hydrogen) atoms. The Morgan fingerprint density at radius 1 is 1.33 bits per heavy atom. The third-order valence-electron chi connectivity index (χ3n) is 3.50. The summed E-state index contributed by atoms with van der Waals surface area (Å²) in [6.45, 7) is 1.69. The van der Waals surface area contributed by atoms with Gasteiger partial charge in [0.2, 0.25) is 13.9 Å². The van der Waals surface area contributed by atoms with Crippen LogP contribution in [0.25, 0.3) is 0 Å². The SMILES string of the molecule is CCc1cc([N+](=O)[O-])c([PH](=O)OC)cc1Oc1ncc(C(F)(F)F)cc1Cl. The molecule has 0 spiro atoms. The molecule has 2 aromatic rings. The van der Waals surface area contributed by atoms with Crippen molar-refractivity contribution in [3.05, 3.63) is 50.7 Å². The number of aryl methyl sites for hydroxylation is 1. The van der Waals surface area contributed by atoms with Crippen LogP contribution in [0, 0.1) is 10.1 Å². The molecule has 0 fully saturated rings. The predicted molar refractivity (Wildman–Crippen MR) is 92.4 cm³/mol. The summed E-state index contributed by atoms with van der Waals surface area (Å²) in [5.41, 5.74) is -1.10. The lowest BCUT2D eigenvalue weighted by molar-refractivity contribution is -0.383. The molecule has 0 aliphatic carbocycles. The molecule has 146 valence electrons. The summed E-state index contributed by atoms with van der Waals surface area (Å²) in [6.07, 6.45) is -3.78. The second-order valence-corrected chi connectivity index (χ2v) is 7.12. The molecule has 2 rings (SSSR count). The van der Waals surface area contributed by atoms with Crippen molar-refractivity contribution in [1.82, 2.24) is 4.98 Å². The number of benzene rings is 1. The summed E-state index contributed by atoms with van der Waals surface area (Å²) < 4.78 is 60.3. The second-order valence-electron chi connectivity index (χ2n) is 5.19. The summed E-state index contributed by atoms with van der Waals surface area (Å²) in [5.74, 6) is -0.293. The molecule has 1 heterocycles. The normalized spacial score (nSPS) is 12.7. The Kier molecular flexibility index (Phi) is 6.46. The number of aromatic nitrogens is 1. The maximum atomic E-state index is 12.7. The number of nitro benzene ring substituents is 1. The molecule has 1 atom stereocenters. The number of pyridine rings is 1. The van der Waals surface area contributed by atoms with E-state index in [1.165, 1.54) is 6.07 Å². The first-order valence-electron chi connectivity index (χ1n) is 7.38. The summed E-state index contributed by atoms with van der Waals surface area (Å²) in [4.78, 5) is 14.1. The summed E-state index contributed by atoms with van der Waals surface area (Å²) >= 11 is 5.82. The van der Waals surface area contributed by atoms with Gasteiger partial charge in [-0.2, -0.15) is 13.2 Å². The van der Waals surface area contributed by atoms with Crippen LogP contribution in [0.3, 0.4) is 0 Å². The molecule has 0 aliphatic heterocycles. The summed E-state index contributed by atoms with van der Waals surface area (Å²) in [6, 6.07) is 2.97. The van der Waals surface area contributed by atoms with Crippen molar-refractivity contribution in [2.24, 2.45) is 0 Å². The number of halogens is 4. The number of hydrogen-bond donors (Lipinski definition) is 0. The largest absolute Gasteiger partial charge is 0.437 e. The number of nitrogens with zero attached hydrogens (tertiary/aromatic N) is 2. The van der Waals surface area contributed by atoms with E-state index in [-0.39, 0.29) is 16.9 Å². The fourth-order valence-electron chi connectivity index (χ4n) is 2.17. The number of hydrogen-bond acceptors (Lipinski definition) is 6. The van der Waals surface area contributed by atoms with Gasteiger partial charge in [0.15, 0.2) is 0 Å². The van der Waals surface area contributed by atoms with Gasteiger partial charge in [0.05, 0.1) is 10.5 Å². The van der Waals surface area contributed by atoms with Crippen LogP contribution in [0.15, 0.2) is 24.4 Å². The Morgan fingerprint density at radius 3 is 2.48 bits per heavy atom. The molecule has 1 aromatic carbocycles. The minimum Gasteiger partial charge on any atom is -0.437 e. The van der Waals surface area contributed by atoms with Crippen LogP contribution in [0.1, 0.15) is 18.1 Å². The van der Waals surface area contributed by atoms with E-state index in [2.05, 4.69) is 4.98 Å². The number of ether oxygens (including phenoxy) is 1. The van der Waals surface area contributed by atoms with E-state index in [0.717, 1.165) is 13.2 Å². The first kappa shape index (κ1) is 21.1. The van der Waals surface area contributed by atoms with Crippen molar-refractivity contribution < 1.29 is 31.9 Å². The first-order chi connectivity index (χ1) is 12.6. The monoisotopic (exact) mass is 424 g/mol. The quantitative estimate of drug-likeness (QED) is 0.377. The fourth-order valence-corrected chi connectivity index (χ4v) is 3.21. The van der Waals surface area contributed by atoms with Crippen molar-refractivity contribution in [2.75, 3.05) is 7.11 Å². The van der Waals surface area contributed by atoms with Crippen molar-refractivity contribution in [2.45, 2.75) is 19.5 Å². The molecule has 0 N–H and O–H groups in total. The van der Waals surface area contributed by atoms with Crippen LogP contribution in [-0.4, -0.2) is 17.0 Å². The molecule has 0 saturated carbocycles. The molecular weight excluding hydrogens is 412 g/mol. The molecule has 12 heteroatoms. The van der Waals surface area contributed by atoms with E-state index >= 15 is 0 Å². The highest BCUT2D eigenvalue weighted by Crippen LogP contribution is 2.37. The number of rotatable bonds is 6. The Balaban J connectivity index is 2.52. The second kappa shape index (κ2) is 8.24. The van der Waals surface area contributed by atoms with E-state index in [1.807, 2.05) is 0 Å². The lowest BCUT2D eigenvalue weighted by Crippen LogP contribution is -2.09. The number of nitro groups is 1. The maximum Gasteiger partial charge on any atom is 0.417 e. The van der Waals surface area contributed by atoms with Gasteiger partial charge in [0.1, 0.15) is 16.1 Å². The lowest BCUT2D eigenvalue weighted by atomic mass is 10.1. The molecule has 0 radical (unpaired) electrons. The Morgan fingerprint density at radius 2 is 2.00 bits per heavy atom. The van der Waals surface area contributed by atoms with Crippen molar-refractivity contribution in [1.29, 1.82) is 0 Å². The zero-order chi connectivity index (χ0) is 20.4. The van der Waals surface area contributed by atoms with Crippen molar-refractivity contribution in [3.8, 4) is 11.6 Å². The minimum absolute atomic E-state index is 0.0302. The molecule has 0 amide bonds. The van der Waals surface area contributed by atoms with E-state index in [1.54, 1.807) is 6.92 Å². The van der Waals surface area contributed by atoms with Gasteiger partial charge < -0.3 is 9.26 Å². The summed E-state index contributed by atoms with van der Waals surface area (Å²) in [7, 11) is -1.80. The zero-order valence-electron chi connectivity index (χ0n) is 14.0. The molecule has 1 aromatic heterocycles. The highest BCUT2D eigenvalue weighted by molar-refractivity contribution is 7.48. The van der Waals surface area contributed by atoms with Crippen LogP contribution >= 0.6 is 19.6 Å². The molecular formula is C15H13ClF3N2O5P. The van der Waals surface area contributed by atoms with Gasteiger partial charge in [-0.3, -0.25) is 14.7 Å². The van der Waals surface area contributed by atoms with Crippen molar-refractivity contribution >= 4 is 30.6 Å². The smallest absolute Gasteiger partial charge is 0.417 e. The predicted octanol–water partition coefficient (Wildman–Crippen LogP) is 4.76. The Hall–Kier alpha value is -2.16. The molecule has 1 unspecified atom stereocenters. The van der Waals surface area contributed by atoms with E-state index in [9.17, 15) is 27.9 Å². The van der Waals surface area contributed by atoms with Gasteiger partial charge in [-0.05, 0) is 12.5 Å². The van der Waals surface area contributed by atoms with Gasteiger partial charge in [0.25, 0.3) is 5.69 Å². The minimum atomic E-state index is -4.62. The van der Waals surface area contributed by atoms with Gasteiger partial charge in [0, 0.05) is 31.0 Å². The average molecular weight is 425 g/mol. The van der Waals surface area contributed by atoms with Gasteiger partial charge >= 0.3 is 6.18 Å². The van der Waals surface area contributed by atoms with Crippen molar-refractivity contribution in [3.63, 3.8) is 0 Å². The highest BCUT2D eigenvalue weighted by atomic mass is 35.5. The molecule has 7 nitrogen and oxygen atoms in total. The van der Waals surface area contributed by atoms with E-state index in [4.69, 9.17) is 20.9 Å². The molecule has 0 aliphatic rings. The Bertz CT molecular complexity index is 908. The van der Waals surface area contributed by atoms with Crippen LogP contribution in [0.4, 0.5) is 18.9 Å². The number of alkyl halides is 3.